The van der Waals surface area contributed by atoms with Gasteiger partial charge in [-0.1, -0.05) is 0 Å². The highest BCUT2D eigenvalue weighted by Crippen LogP contribution is 2.33. The monoisotopic (exact) mass is 164 g/mol. The van der Waals surface area contributed by atoms with Crippen molar-refractivity contribution in [2.75, 3.05) is 0 Å². The van der Waals surface area contributed by atoms with Crippen LogP contribution < -0.4 is 5.32 Å². The third-order valence-electron chi connectivity index (χ3n) is 2.26. The molecular weight excluding hydrogens is 152 g/mol. The predicted molar refractivity (Wildman–Crippen MR) is 46.9 cm³/mol. The highest BCUT2D eigenvalue weighted by Gasteiger charge is 2.31. The molecule has 1 fully saturated rings. The van der Waals surface area contributed by atoms with Crippen LogP contribution in [0.1, 0.15) is 19.8 Å². The summed E-state index contributed by atoms with van der Waals surface area (Å²) in [5.74, 6) is 0.770. The molecule has 1 unspecified atom stereocenters. The minimum absolute atomic E-state index is 0.0699. The van der Waals surface area contributed by atoms with E-state index >= 15 is 0 Å². The molecule has 2 rings (SSSR count). The summed E-state index contributed by atoms with van der Waals surface area (Å²) in [6, 6.07) is 0. The van der Waals surface area contributed by atoms with Crippen molar-refractivity contribution in [2.45, 2.75) is 25.9 Å². The van der Waals surface area contributed by atoms with E-state index in [1.54, 1.807) is 19.3 Å². The van der Waals surface area contributed by atoms with Gasteiger partial charge in [-0.2, -0.15) is 0 Å². The summed E-state index contributed by atoms with van der Waals surface area (Å²) in [6.45, 7) is 1.55. The van der Waals surface area contributed by atoms with E-state index in [0.29, 0.717) is 11.5 Å². The summed E-state index contributed by atoms with van der Waals surface area (Å²) < 4.78 is 0. The summed E-state index contributed by atoms with van der Waals surface area (Å²) in [6.07, 6.45) is 6.21. The minimum Gasteiger partial charge on any atom is -0.369 e. The van der Waals surface area contributed by atoms with Gasteiger partial charge in [0, 0.05) is 12.4 Å². The van der Waals surface area contributed by atoms with Crippen LogP contribution in [0.3, 0.4) is 0 Å². The predicted octanol–water partition coefficient (Wildman–Crippen LogP) is 0.869. The second-order valence-electron chi connectivity index (χ2n) is 3.38. The first-order chi connectivity index (χ1) is 5.77. The Morgan fingerprint density at radius 1 is 1.67 bits per heavy atom. The highest BCUT2D eigenvalue weighted by molar-refractivity contribution is 6.12. The van der Waals surface area contributed by atoms with Crippen LogP contribution in [0, 0.1) is 5.92 Å². The first kappa shape index (κ1) is 7.53. The maximum atomic E-state index is 10.9. The number of hydrogen-bond donors (Lipinski definition) is 1. The second-order valence-corrected chi connectivity index (χ2v) is 3.38. The number of carbonyl (C=O) groups is 1. The first-order valence-corrected chi connectivity index (χ1v) is 4.28. The number of aliphatic imine (C=N–C) groups is 1. The van der Waals surface area contributed by atoms with Gasteiger partial charge in [-0.15, -0.1) is 0 Å². The van der Waals surface area contributed by atoms with E-state index < -0.39 is 0 Å². The average Bonchev–Trinajstić information content (AvgIpc) is 2.87. The van der Waals surface area contributed by atoms with Crippen molar-refractivity contribution in [1.29, 1.82) is 0 Å². The second kappa shape index (κ2) is 2.73. The number of nitrogens with one attached hydrogen (secondary N) is 1. The normalized spacial score (nSPS) is 27.8. The number of allylic oxidation sites excluding steroid dienone is 1. The van der Waals surface area contributed by atoms with Gasteiger partial charge in [0.1, 0.15) is 6.17 Å². The van der Waals surface area contributed by atoms with Crippen molar-refractivity contribution >= 4 is 12.0 Å². The van der Waals surface area contributed by atoms with E-state index in [1.807, 2.05) is 0 Å². The number of carbonyl (C=O) groups excluding carboxylic acids is 1. The maximum Gasteiger partial charge on any atom is 0.162 e. The Hall–Kier alpha value is -1.12. The topological polar surface area (TPSA) is 41.5 Å². The van der Waals surface area contributed by atoms with E-state index in [-0.39, 0.29) is 11.9 Å². The smallest absolute Gasteiger partial charge is 0.162 e. The molecule has 1 N–H and O–H groups in total. The molecule has 64 valence electrons. The Kier molecular flexibility index (Phi) is 1.71. The largest absolute Gasteiger partial charge is 0.369 e. The van der Waals surface area contributed by atoms with E-state index in [1.165, 1.54) is 12.8 Å². The van der Waals surface area contributed by atoms with Crippen LogP contribution in [-0.4, -0.2) is 18.2 Å². The molecule has 1 atom stereocenters. The molecule has 1 saturated carbocycles. The molecule has 0 aromatic rings. The van der Waals surface area contributed by atoms with E-state index in [0.717, 1.165) is 0 Å². The lowest BCUT2D eigenvalue weighted by molar-refractivity contribution is -0.113. The molecule has 0 radical (unpaired) electrons. The van der Waals surface area contributed by atoms with Crippen LogP contribution >= 0.6 is 0 Å². The van der Waals surface area contributed by atoms with Gasteiger partial charge in [-0.3, -0.25) is 9.79 Å². The van der Waals surface area contributed by atoms with Crippen LogP contribution in [0.15, 0.2) is 16.8 Å². The fourth-order valence-electron chi connectivity index (χ4n) is 1.28. The third-order valence-corrected chi connectivity index (χ3v) is 2.26. The van der Waals surface area contributed by atoms with Crippen molar-refractivity contribution in [1.82, 2.24) is 5.32 Å². The first-order valence-electron chi connectivity index (χ1n) is 4.28. The number of hydrogen-bond acceptors (Lipinski definition) is 3. The van der Waals surface area contributed by atoms with Gasteiger partial charge in [-0.05, 0) is 25.7 Å². The van der Waals surface area contributed by atoms with E-state index in [4.69, 9.17) is 0 Å². The molecule has 0 aromatic heterocycles. The van der Waals surface area contributed by atoms with Crippen LogP contribution in [0.2, 0.25) is 0 Å². The van der Waals surface area contributed by atoms with Crippen LogP contribution in [0.5, 0.6) is 0 Å². The molecule has 0 aromatic carbocycles. The molecule has 0 saturated heterocycles. The molecule has 3 nitrogen and oxygen atoms in total. The molecule has 1 aliphatic carbocycles. The van der Waals surface area contributed by atoms with Crippen LogP contribution in [-0.2, 0) is 4.79 Å². The molecular formula is C9H12N2O. The van der Waals surface area contributed by atoms with Gasteiger partial charge in [0.25, 0.3) is 0 Å². The van der Waals surface area contributed by atoms with Gasteiger partial charge in [0.05, 0.1) is 5.57 Å². The van der Waals surface area contributed by atoms with E-state index in [9.17, 15) is 4.79 Å². The summed E-state index contributed by atoms with van der Waals surface area (Å²) in [5.41, 5.74) is 0.673. The highest BCUT2D eigenvalue weighted by atomic mass is 16.1. The Morgan fingerprint density at radius 2 is 2.42 bits per heavy atom. The SMILES string of the molecule is CC(=O)C1=CNC(C2CC2)N=C1. The Bertz CT molecular complexity index is 264. The van der Waals surface area contributed by atoms with Crippen molar-refractivity contribution in [2.24, 2.45) is 10.9 Å². The zero-order valence-electron chi connectivity index (χ0n) is 7.08. The lowest BCUT2D eigenvalue weighted by Crippen LogP contribution is -2.29. The Labute approximate surface area is 71.6 Å². The summed E-state index contributed by atoms with van der Waals surface area (Å²) in [7, 11) is 0. The van der Waals surface area contributed by atoms with Gasteiger partial charge < -0.3 is 5.32 Å². The standard InChI is InChI=1S/C9H12N2O/c1-6(12)8-4-10-9(11-5-8)7-2-3-7/h4-5,7,9-10H,2-3H2,1H3. The molecule has 3 heteroatoms. The Balaban J connectivity index is 2.00. The quantitative estimate of drug-likeness (QED) is 0.658. The number of rotatable bonds is 2. The van der Waals surface area contributed by atoms with Crippen LogP contribution in [0.25, 0.3) is 0 Å². The molecule has 12 heavy (non-hydrogen) atoms. The molecule has 0 bridgehead atoms. The van der Waals surface area contributed by atoms with Crippen molar-refractivity contribution in [3.05, 3.63) is 11.8 Å². The minimum atomic E-state index is 0.0699. The van der Waals surface area contributed by atoms with Gasteiger partial charge in [0.2, 0.25) is 0 Å². The summed E-state index contributed by atoms with van der Waals surface area (Å²) >= 11 is 0. The lowest BCUT2D eigenvalue weighted by Gasteiger charge is -2.16. The fourth-order valence-corrected chi connectivity index (χ4v) is 1.28. The van der Waals surface area contributed by atoms with Gasteiger partial charge in [0.15, 0.2) is 5.78 Å². The van der Waals surface area contributed by atoms with Crippen molar-refractivity contribution < 1.29 is 4.79 Å². The Morgan fingerprint density at radius 3 is 2.83 bits per heavy atom. The zero-order valence-corrected chi connectivity index (χ0v) is 7.08. The number of nitrogens with zero attached hydrogens (tertiary/aromatic N) is 1. The lowest BCUT2D eigenvalue weighted by atomic mass is 10.2. The summed E-state index contributed by atoms with van der Waals surface area (Å²) in [4.78, 5) is 15.2. The molecule has 2 aliphatic rings. The molecule has 1 aliphatic heterocycles. The van der Waals surface area contributed by atoms with Crippen molar-refractivity contribution in [3.63, 3.8) is 0 Å². The van der Waals surface area contributed by atoms with Gasteiger partial charge >= 0.3 is 0 Å². The average molecular weight is 164 g/mol. The van der Waals surface area contributed by atoms with Gasteiger partial charge in [-0.25, -0.2) is 0 Å². The zero-order chi connectivity index (χ0) is 8.55. The molecule has 0 spiro atoms. The maximum absolute atomic E-state index is 10.9. The van der Waals surface area contributed by atoms with E-state index in [2.05, 4.69) is 10.3 Å². The number of ketones is 1. The molecule has 0 amide bonds. The summed E-state index contributed by atoms with van der Waals surface area (Å²) in [5, 5.41) is 3.13. The third kappa shape index (κ3) is 1.40. The fraction of sp³-hybridized carbons (Fsp3) is 0.556. The van der Waals surface area contributed by atoms with Crippen molar-refractivity contribution in [3.8, 4) is 0 Å². The van der Waals surface area contributed by atoms with Crippen LogP contribution in [0.4, 0.5) is 0 Å². The number of Topliss-reactive ketones (excluding diaryl/α,β-unsaturated/α-hetero) is 1. The molecule has 1 heterocycles.